The molecule has 1 fully saturated rings. The Kier molecular flexibility index (Phi) is 4.46. The molecule has 7 nitrogen and oxygen atoms in total. The van der Waals surface area contributed by atoms with Crippen molar-refractivity contribution in [3.63, 3.8) is 0 Å². The van der Waals surface area contributed by atoms with Gasteiger partial charge in [-0.15, -0.1) is 0 Å². The summed E-state index contributed by atoms with van der Waals surface area (Å²) in [6.07, 6.45) is 0.411. The molecule has 0 aromatic carbocycles. The topological polar surface area (TPSA) is 94.3 Å². The van der Waals surface area contributed by atoms with Crippen LogP contribution in [0.15, 0.2) is 4.52 Å². The van der Waals surface area contributed by atoms with Crippen molar-refractivity contribution in [1.82, 2.24) is 15.5 Å². The van der Waals surface area contributed by atoms with Crippen molar-refractivity contribution in [2.24, 2.45) is 0 Å². The van der Waals surface area contributed by atoms with Crippen LogP contribution in [0.1, 0.15) is 32.5 Å². The fourth-order valence-electron chi connectivity index (χ4n) is 2.22. The van der Waals surface area contributed by atoms with Crippen LogP contribution in [-0.2, 0) is 26.6 Å². The van der Waals surface area contributed by atoms with Crippen LogP contribution in [0.5, 0.6) is 0 Å². The van der Waals surface area contributed by atoms with Crippen molar-refractivity contribution in [1.29, 1.82) is 0 Å². The number of aromatic nitrogens is 2. The van der Waals surface area contributed by atoms with Crippen LogP contribution in [0.4, 0.5) is 0 Å². The van der Waals surface area contributed by atoms with Crippen LogP contribution in [0.2, 0.25) is 0 Å². The first-order chi connectivity index (χ1) is 9.32. The molecule has 114 valence electrons. The third-order valence-electron chi connectivity index (χ3n) is 3.23. The zero-order chi connectivity index (χ0) is 14.8. The lowest BCUT2D eigenvalue weighted by atomic mass is 10.1. The fraction of sp³-hybridized carbons (Fsp3) is 0.833. The van der Waals surface area contributed by atoms with Crippen molar-refractivity contribution in [3.05, 3.63) is 11.7 Å². The average Bonchev–Trinajstić information content (AvgIpc) is 2.76. The minimum atomic E-state index is -2.96. The molecule has 0 aliphatic carbocycles. The Bertz CT molecular complexity index is 553. The van der Waals surface area contributed by atoms with Gasteiger partial charge in [0.2, 0.25) is 11.7 Å². The highest BCUT2D eigenvalue weighted by atomic mass is 32.2. The predicted molar refractivity (Wildman–Crippen MR) is 73.1 cm³/mol. The van der Waals surface area contributed by atoms with Gasteiger partial charge in [0.15, 0.2) is 9.84 Å². The number of nitrogens with one attached hydrogen (secondary N) is 1. The molecule has 1 atom stereocenters. The second kappa shape index (κ2) is 5.79. The number of nitrogens with zero attached hydrogens (tertiary/aromatic N) is 2. The van der Waals surface area contributed by atoms with Gasteiger partial charge in [-0.3, -0.25) is 0 Å². The van der Waals surface area contributed by atoms with Crippen molar-refractivity contribution in [2.75, 3.05) is 24.7 Å². The van der Waals surface area contributed by atoms with Gasteiger partial charge < -0.3 is 14.6 Å². The van der Waals surface area contributed by atoms with E-state index in [-0.39, 0.29) is 17.5 Å². The van der Waals surface area contributed by atoms with Crippen LogP contribution in [0.25, 0.3) is 0 Å². The van der Waals surface area contributed by atoms with E-state index < -0.39 is 15.4 Å². The lowest BCUT2D eigenvalue weighted by molar-refractivity contribution is -0.0221. The maximum atomic E-state index is 11.6. The molecule has 1 saturated heterocycles. The maximum Gasteiger partial charge on any atom is 0.228 e. The van der Waals surface area contributed by atoms with E-state index in [1.807, 2.05) is 20.8 Å². The number of rotatable bonds is 5. The SMILES string of the molecule is CCOC(C)(C)c1noc(CC2CS(=O)(=O)CCN2)n1. The molecule has 0 radical (unpaired) electrons. The molecule has 0 saturated carbocycles. The Morgan fingerprint density at radius 1 is 1.50 bits per heavy atom. The number of hydrogen-bond acceptors (Lipinski definition) is 7. The van der Waals surface area contributed by atoms with E-state index in [1.54, 1.807) is 0 Å². The van der Waals surface area contributed by atoms with Crippen LogP contribution < -0.4 is 5.32 Å². The monoisotopic (exact) mass is 303 g/mol. The van der Waals surface area contributed by atoms with Gasteiger partial charge in [-0.05, 0) is 20.8 Å². The van der Waals surface area contributed by atoms with Crippen LogP contribution in [0, 0.1) is 0 Å². The lowest BCUT2D eigenvalue weighted by Gasteiger charge is -2.22. The van der Waals surface area contributed by atoms with Gasteiger partial charge in [0.25, 0.3) is 0 Å². The van der Waals surface area contributed by atoms with E-state index >= 15 is 0 Å². The van der Waals surface area contributed by atoms with E-state index in [9.17, 15) is 8.42 Å². The zero-order valence-electron chi connectivity index (χ0n) is 12.0. The minimum Gasteiger partial charge on any atom is -0.368 e. The number of hydrogen-bond donors (Lipinski definition) is 1. The molecule has 1 N–H and O–H groups in total. The standard InChI is InChI=1S/C12H21N3O4S/c1-4-18-12(2,3)11-14-10(19-15-11)7-9-8-20(16,17)6-5-13-9/h9,13H,4-8H2,1-3H3. The fourth-order valence-corrected chi connectivity index (χ4v) is 3.66. The van der Waals surface area contributed by atoms with E-state index in [2.05, 4.69) is 15.5 Å². The molecule has 0 amide bonds. The first kappa shape index (κ1) is 15.4. The highest BCUT2D eigenvalue weighted by Gasteiger charge is 2.29. The summed E-state index contributed by atoms with van der Waals surface area (Å²) in [4.78, 5) is 4.30. The summed E-state index contributed by atoms with van der Waals surface area (Å²) in [6, 6.07) is -0.169. The molecule has 1 aromatic heterocycles. The molecule has 0 spiro atoms. The second-order valence-electron chi connectivity index (χ2n) is 5.42. The quantitative estimate of drug-likeness (QED) is 0.834. The normalized spacial score (nSPS) is 22.9. The summed E-state index contributed by atoms with van der Waals surface area (Å²) in [5, 5.41) is 7.08. The predicted octanol–water partition coefficient (Wildman–Crippen LogP) is 0.270. The molecule has 20 heavy (non-hydrogen) atoms. The van der Waals surface area contributed by atoms with Gasteiger partial charge in [0.05, 0.1) is 11.5 Å². The smallest absolute Gasteiger partial charge is 0.228 e. The third-order valence-corrected chi connectivity index (χ3v) is 4.97. The van der Waals surface area contributed by atoms with Gasteiger partial charge in [-0.25, -0.2) is 8.42 Å². The Labute approximate surface area is 119 Å². The summed E-state index contributed by atoms with van der Waals surface area (Å²) in [5.74, 6) is 1.21. The van der Waals surface area contributed by atoms with E-state index in [1.165, 1.54) is 0 Å². The van der Waals surface area contributed by atoms with Crippen molar-refractivity contribution < 1.29 is 17.7 Å². The first-order valence-corrected chi connectivity index (χ1v) is 8.55. The summed E-state index contributed by atoms with van der Waals surface area (Å²) >= 11 is 0. The van der Waals surface area contributed by atoms with Crippen LogP contribution in [0.3, 0.4) is 0 Å². The Morgan fingerprint density at radius 2 is 2.25 bits per heavy atom. The summed E-state index contributed by atoms with van der Waals surface area (Å²) < 4.78 is 33.9. The summed E-state index contributed by atoms with van der Waals surface area (Å²) in [6.45, 7) is 6.67. The molecule has 2 rings (SSSR count). The Morgan fingerprint density at radius 3 is 2.90 bits per heavy atom. The highest BCUT2D eigenvalue weighted by Crippen LogP contribution is 2.22. The van der Waals surface area contributed by atoms with Gasteiger partial charge >= 0.3 is 0 Å². The molecular formula is C12H21N3O4S. The Hall–Kier alpha value is -0.990. The van der Waals surface area contributed by atoms with Gasteiger partial charge in [-0.1, -0.05) is 5.16 Å². The molecule has 8 heteroatoms. The third kappa shape index (κ3) is 3.77. The molecule has 2 heterocycles. The van der Waals surface area contributed by atoms with Gasteiger partial charge in [0, 0.05) is 25.6 Å². The number of sulfone groups is 1. The van der Waals surface area contributed by atoms with Crippen LogP contribution in [-0.4, -0.2) is 49.3 Å². The molecule has 1 unspecified atom stereocenters. The van der Waals surface area contributed by atoms with Crippen molar-refractivity contribution in [2.45, 2.75) is 38.8 Å². The van der Waals surface area contributed by atoms with E-state index in [0.717, 1.165) is 0 Å². The minimum absolute atomic E-state index is 0.111. The number of ether oxygens (including phenoxy) is 1. The summed E-state index contributed by atoms with van der Waals surface area (Å²) in [5.41, 5.74) is -0.609. The van der Waals surface area contributed by atoms with Gasteiger partial charge in [0.1, 0.15) is 5.60 Å². The molecular weight excluding hydrogens is 282 g/mol. The molecule has 1 aromatic rings. The first-order valence-electron chi connectivity index (χ1n) is 6.73. The molecule has 0 bridgehead atoms. The highest BCUT2D eigenvalue weighted by molar-refractivity contribution is 7.91. The maximum absolute atomic E-state index is 11.6. The second-order valence-corrected chi connectivity index (χ2v) is 7.65. The Balaban J connectivity index is 2.03. The van der Waals surface area contributed by atoms with E-state index in [0.29, 0.717) is 31.3 Å². The van der Waals surface area contributed by atoms with E-state index in [4.69, 9.17) is 9.26 Å². The molecule has 1 aliphatic rings. The average molecular weight is 303 g/mol. The van der Waals surface area contributed by atoms with Crippen molar-refractivity contribution in [3.8, 4) is 0 Å². The lowest BCUT2D eigenvalue weighted by Crippen LogP contribution is -2.46. The zero-order valence-corrected chi connectivity index (χ0v) is 12.9. The van der Waals surface area contributed by atoms with Crippen LogP contribution >= 0.6 is 0 Å². The van der Waals surface area contributed by atoms with Gasteiger partial charge in [-0.2, -0.15) is 4.98 Å². The summed E-state index contributed by atoms with van der Waals surface area (Å²) in [7, 11) is -2.96. The van der Waals surface area contributed by atoms with Crippen molar-refractivity contribution >= 4 is 9.84 Å². The molecule has 1 aliphatic heterocycles. The largest absolute Gasteiger partial charge is 0.368 e.